The summed E-state index contributed by atoms with van der Waals surface area (Å²) >= 11 is 1.41. The van der Waals surface area contributed by atoms with Crippen molar-refractivity contribution in [3.05, 3.63) is 18.2 Å². The minimum absolute atomic E-state index is 0.0172. The summed E-state index contributed by atoms with van der Waals surface area (Å²) in [7, 11) is 0. The fourth-order valence-corrected chi connectivity index (χ4v) is 10.5. The predicted octanol–water partition coefficient (Wildman–Crippen LogP) is -3.99. The Labute approximate surface area is 516 Å². The fourth-order valence-electron chi connectivity index (χ4n) is 10.00. The zero-order valence-electron chi connectivity index (χ0n) is 51.3. The number of carbonyl (C=O) groups is 14. The van der Waals surface area contributed by atoms with Crippen molar-refractivity contribution in [2.75, 3.05) is 31.6 Å². The molecule has 2 fully saturated rings. The number of carbonyl (C=O) groups excluding carboxylic acids is 14. The molecule has 0 radical (unpaired) electrons. The highest BCUT2D eigenvalue weighted by atomic mass is 32.2. The summed E-state index contributed by atoms with van der Waals surface area (Å²) in [5.41, 5.74) is 22.8. The number of fused-ring (bicyclic) bond motifs is 1. The molecule has 12 atom stereocenters. The molecule has 14 amide bonds. The van der Waals surface area contributed by atoms with E-state index < -0.39 is 187 Å². The molecule has 3 heterocycles. The second-order valence-electron chi connectivity index (χ2n) is 22.4. The summed E-state index contributed by atoms with van der Waals surface area (Å²) in [4.78, 5) is 200. The van der Waals surface area contributed by atoms with E-state index in [2.05, 4.69) is 63.1 Å². The summed E-state index contributed by atoms with van der Waals surface area (Å²) in [6.07, 6.45) is 4.49. The second-order valence-corrected chi connectivity index (χ2v) is 23.4. The van der Waals surface area contributed by atoms with Gasteiger partial charge in [-0.15, -0.1) is 0 Å². The molecule has 3 rings (SSSR count). The van der Waals surface area contributed by atoms with Crippen molar-refractivity contribution in [2.24, 2.45) is 34.8 Å². The lowest BCUT2D eigenvalue weighted by Crippen LogP contribution is -2.61. The van der Waals surface area contributed by atoms with Gasteiger partial charge in [-0.05, 0) is 94.6 Å². The highest BCUT2D eigenvalue weighted by Gasteiger charge is 2.41. The number of H-pyrrole nitrogens is 1. The van der Waals surface area contributed by atoms with Crippen molar-refractivity contribution >= 4 is 94.5 Å². The van der Waals surface area contributed by atoms with E-state index in [-0.39, 0.29) is 64.5 Å². The van der Waals surface area contributed by atoms with Crippen LogP contribution in [0.15, 0.2) is 12.5 Å². The highest BCUT2D eigenvalue weighted by Crippen LogP contribution is 2.22. The van der Waals surface area contributed by atoms with E-state index in [1.54, 1.807) is 34.0 Å². The Morgan fingerprint density at radius 1 is 0.716 bits per heavy atom. The quantitative estimate of drug-likeness (QED) is 0.0415. The first-order valence-corrected chi connectivity index (χ1v) is 31.4. The van der Waals surface area contributed by atoms with Crippen molar-refractivity contribution < 1.29 is 67.1 Å². The van der Waals surface area contributed by atoms with Gasteiger partial charge in [0, 0.05) is 44.6 Å². The van der Waals surface area contributed by atoms with Crippen molar-refractivity contribution in [3.63, 3.8) is 0 Å². The molecule has 19 N–H and O–H groups in total. The van der Waals surface area contributed by atoms with E-state index in [0.29, 0.717) is 43.6 Å². The average Bonchev–Trinajstić information content (AvgIpc) is 4.26. The van der Waals surface area contributed by atoms with Gasteiger partial charge in [0.2, 0.25) is 82.7 Å². The van der Waals surface area contributed by atoms with Gasteiger partial charge in [-0.25, -0.2) is 4.98 Å². The minimum Gasteiger partial charge on any atom is -0.370 e. The van der Waals surface area contributed by atoms with Crippen LogP contribution >= 0.6 is 11.8 Å². The topological polar surface area (TPSA) is 495 Å². The molecule has 2 aliphatic rings. The van der Waals surface area contributed by atoms with Crippen LogP contribution in [0.3, 0.4) is 0 Å². The van der Waals surface area contributed by atoms with Crippen LogP contribution in [-0.4, -0.2) is 190 Å². The number of aromatic amines is 1. The minimum atomic E-state index is -1.60. The van der Waals surface area contributed by atoms with Crippen LogP contribution < -0.4 is 76.1 Å². The van der Waals surface area contributed by atoms with E-state index >= 15 is 0 Å². The van der Waals surface area contributed by atoms with Crippen LogP contribution in [0.5, 0.6) is 0 Å². The van der Waals surface area contributed by atoms with Crippen LogP contribution in [0, 0.1) is 11.8 Å². The number of thioether (sulfide) groups is 1. The summed E-state index contributed by atoms with van der Waals surface area (Å²) in [6, 6.07) is -13.6. The van der Waals surface area contributed by atoms with E-state index in [1.165, 1.54) is 36.1 Å². The fraction of sp³-hybridized carbons (Fsp3) is 0.696. The van der Waals surface area contributed by atoms with Gasteiger partial charge in [-0.3, -0.25) is 67.1 Å². The molecule has 0 spiro atoms. The van der Waals surface area contributed by atoms with Crippen LogP contribution in [0.25, 0.3) is 0 Å². The average molecular weight is 1260 g/mol. The van der Waals surface area contributed by atoms with Gasteiger partial charge in [0.15, 0.2) is 0 Å². The number of nitrogens with one attached hydrogen (secondary N) is 11. The SMILES string of the molecule is CC[C@H](C)[C@H](NC(=O)[C@@H]1CCCC[C@H](NC(=O)[C@H](CCSC)NC(C)=O)C(=O)N[C@@H]([C@@H](C)CC)C(=O)N[C@@H](CCCCN)C(=O)N2CCC[C@H]2C(=O)N[C@@H](Cc2cnc[nH]2)C(=O)N[C@@H](CCC(N)=O)C(=O)NCC(=O)N[C@@H](CCC(N)=O)C(=O)N1)C(N)=O. The standard InChI is InChI=1S/C56H93N17O14S/c1-7-30(3)45(47(60)78)71-51(82)34-14-9-10-15-35(67-50(81)38(22-25-88-6)64-32(5)74)52(83)72-46(31(4)8-2)55(86)69-39(16-11-12-23-57)56(87)73-24-13-17-41(73)54(85)70-40(26-33-27-61-29-63-33)53(84)68-36(18-20-42(58)75)48(79)62-28-44(77)65-37(49(80)66-34)19-21-43(59)76/h27,29-31,34-41,45-46H,7-26,28,57H2,1-6H3,(H2,58,75)(H2,59,76)(H2,60,78)(H,61,63)(H,62,79)(H,64,74)(H,65,77)(H,66,80)(H,67,81)(H,68,84)(H,69,86)(H,70,85)(H,71,82)(H,72,83)/t30-,31-,34-,35-,36-,37-,38-,39-,40-,41-,45-,46-/m0/s1. The first kappa shape index (κ1) is 74.4. The number of nitrogens with zero attached hydrogens (tertiary/aromatic N) is 2. The van der Waals surface area contributed by atoms with Gasteiger partial charge in [0.25, 0.3) is 0 Å². The zero-order chi connectivity index (χ0) is 65.6. The Hall–Kier alpha value is -7.90. The summed E-state index contributed by atoms with van der Waals surface area (Å²) in [5, 5.41) is 26.1. The Balaban J connectivity index is 2.25. The molecule has 0 unspecified atom stereocenters. The molecule has 2 saturated heterocycles. The van der Waals surface area contributed by atoms with Gasteiger partial charge >= 0.3 is 0 Å². The number of hydrogen-bond acceptors (Lipinski definition) is 17. The molecule has 88 heavy (non-hydrogen) atoms. The number of hydrogen-bond donors (Lipinski definition) is 15. The van der Waals surface area contributed by atoms with Crippen molar-refractivity contribution in [1.29, 1.82) is 0 Å². The van der Waals surface area contributed by atoms with Crippen molar-refractivity contribution in [1.82, 2.24) is 68.0 Å². The van der Waals surface area contributed by atoms with Crippen LogP contribution in [0.2, 0.25) is 0 Å². The van der Waals surface area contributed by atoms with E-state index in [1.807, 2.05) is 0 Å². The number of rotatable bonds is 25. The molecule has 2 aliphatic heterocycles. The van der Waals surface area contributed by atoms with Gasteiger partial charge in [0.1, 0.15) is 60.4 Å². The normalized spacial score (nSPS) is 24.0. The first-order chi connectivity index (χ1) is 41.7. The lowest BCUT2D eigenvalue weighted by Gasteiger charge is -2.32. The molecule has 31 nitrogen and oxygen atoms in total. The zero-order valence-corrected chi connectivity index (χ0v) is 52.1. The second kappa shape index (κ2) is 38.4. The third kappa shape index (κ3) is 25.1. The predicted molar refractivity (Wildman–Crippen MR) is 322 cm³/mol. The highest BCUT2D eigenvalue weighted by molar-refractivity contribution is 7.98. The van der Waals surface area contributed by atoms with Gasteiger partial charge in [-0.2, -0.15) is 11.8 Å². The molecule has 0 bridgehead atoms. The molecule has 1 aromatic rings. The monoisotopic (exact) mass is 1260 g/mol. The lowest BCUT2D eigenvalue weighted by molar-refractivity contribution is -0.143. The van der Waals surface area contributed by atoms with Gasteiger partial charge in [0.05, 0.1) is 12.9 Å². The van der Waals surface area contributed by atoms with Crippen LogP contribution in [-0.2, 0) is 73.5 Å². The molecular weight excluding hydrogens is 1170 g/mol. The number of aromatic nitrogens is 2. The van der Waals surface area contributed by atoms with Gasteiger partial charge in [-0.1, -0.05) is 53.4 Å². The number of primary amides is 3. The van der Waals surface area contributed by atoms with E-state index in [4.69, 9.17) is 22.9 Å². The number of nitrogens with two attached hydrogens (primary N) is 4. The number of amides is 14. The third-order valence-electron chi connectivity index (χ3n) is 15.5. The maximum atomic E-state index is 14.8. The Morgan fingerprint density at radius 2 is 1.35 bits per heavy atom. The smallest absolute Gasteiger partial charge is 0.245 e. The maximum Gasteiger partial charge on any atom is 0.245 e. The summed E-state index contributed by atoms with van der Waals surface area (Å²) < 4.78 is 0. The lowest BCUT2D eigenvalue weighted by atomic mass is 9.96. The Morgan fingerprint density at radius 3 is 1.94 bits per heavy atom. The summed E-state index contributed by atoms with van der Waals surface area (Å²) in [6.45, 7) is 7.57. The Bertz CT molecular complexity index is 2580. The molecule has 32 heteroatoms. The molecule has 492 valence electrons. The van der Waals surface area contributed by atoms with Gasteiger partial charge < -0.3 is 86.0 Å². The maximum absolute atomic E-state index is 14.8. The summed E-state index contributed by atoms with van der Waals surface area (Å²) in [5.74, 6) is -12.4. The molecular formula is C56H93N17O14S. The third-order valence-corrected chi connectivity index (χ3v) is 16.1. The van der Waals surface area contributed by atoms with E-state index in [0.717, 1.165) is 0 Å². The largest absolute Gasteiger partial charge is 0.370 e. The molecule has 0 aliphatic carbocycles. The molecule has 0 saturated carbocycles. The van der Waals surface area contributed by atoms with E-state index in [9.17, 15) is 67.1 Å². The molecule has 1 aromatic heterocycles. The van der Waals surface area contributed by atoms with Crippen LogP contribution in [0.4, 0.5) is 0 Å². The number of unbranched alkanes of at least 4 members (excludes halogenated alkanes) is 1. The van der Waals surface area contributed by atoms with Crippen molar-refractivity contribution in [2.45, 2.75) is 204 Å². The van der Waals surface area contributed by atoms with Crippen LogP contribution in [0.1, 0.15) is 143 Å². The first-order valence-electron chi connectivity index (χ1n) is 30.0. The molecule has 0 aromatic carbocycles. The van der Waals surface area contributed by atoms with Crippen molar-refractivity contribution in [3.8, 4) is 0 Å². The Kier molecular flexibility index (Phi) is 32.4. The number of imidazole rings is 1.